The van der Waals surface area contributed by atoms with E-state index in [9.17, 15) is 9.59 Å². The van der Waals surface area contributed by atoms with E-state index in [1.54, 1.807) is 17.9 Å². The number of carbonyl (C=O) groups excluding carboxylic acids is 1. The summed E-state index contributed by atoms with van der Waals surface area (Å²) in [5.74, 6) is -0.930. The van der Waals surface area contributed by atoms with E-state index < -0.39 is 12.0 Å². The molecule has 2 amide bonds. The largest absolute Gasteiger partial charge is 0.480 e. The van der Waals surface area contributed by atoms with Crippen LogP contribution in [0.4, 0.5) is 4.79 Å². The van der Waals surface area contributed by atoms with Gasteiger partial charge >= 0.3 is 12.0 Å². The van der Waals surface area contributed by atoms with E-state index in [0.717, 1.165) is 12.0 Å². The van der Waals surface area contributed by atoms with Gasteiger partial charge < -0.3 is 14.9 Å². The highest BCUT2D eigenvalue weighted by atomic mass is 16.4. The van der Waals surface area contributed by atoms with E-state index in [-0.39, 0.29) is 6.03 Å². The second-order valence-corrected chi connectivity index (χ2v) is 4.85. The molecule has 2 heterocycles. The quantitative estimate of drug-likeness (QED) is 0.865. The van der Waals surface area contributed by atoms with Crippen LogP contribution in [-0.2, 0) is 18.4 Å². The smallest absolute Gasteiger partial charge is 0.326 e. The van der Waals surface area contributed by atoms with Crippen molar-refractivity contribution in [2.45, 2.75) is 25.4 Å². The van der Waals surface area contributed by atoms with Gasteiger partial charge in [-0.1, -0.05) is 0 Å². The van der Waals surface area contributed by atoms with Crippen LogP contribution in [0, 0.1) is 0 Å². The maximum Gasteiger partial charge on any atom is 0.326 e. The Morgan fingerprint density at radius 2 is 2.32 bits per heavy atom. The molecule has 1 aromatic heterocycles. The summed E-state index contributed by atoms with van der Waals surface area (Å²) < 4.78 is 1.67. The molecular weight excluding hydrogens is 248 g/mol. The van der Waals surface area contributed by atoms with Crippen LogP contribution in [0.25, 0.3) is 0 Å². The molecule has 1 saturated heterocycles. The Kier molecular flexibility index (Phi) is 3.73. The lowest BCUT2D eigenvalue weighted by atomic mass is 10.2. The van der Waals surface area contributed by atoms with Gasteiger partial charge in [0.05, 0.1) is 12.7 Å². The van der Waals surface area contributed by atoms with Gasteiger partial charge in [0.2, 0.25) is 0 Å². The third-order valence-electron chi connectivity index (χ3n) is 3.29. The molecule has 0 spiro atoms. The molecule has 1 atom stereocenters. The first kappa shape index (κ1) is 13.4. The van der Waals surface area contributed by atoms with Crippen LogP contribution in [0.3, 0.4) is 0 Å². The molecule has 1 N–H and O–H groups in total. The Bertz CT molecular complexity index is 485. The number of carboxylic acid groups (broad SMARTS) is 1. The molecule has 0 saturated carbocycles. The van der Waals surface area contributed by atoms with E-state index in [0.29, 0.717) is 19.5 Å². The molecule has 104 valence electrons. The van der Waals surface area contributed by atoms with Crippen LogP contribution >= 0.6 is 0 Å². The molecule has 1 aliphatic heterocycles. The minimum Gasteiger partial charge on any atom is -0.480 e. The van der Waals surface area contributed by atoms with E-state index >= 15 is 0 Å². The Hall–Kier alpha value is -2.05. The first-order valence-electron chi connectivity index (χ1n) is 6.21. The second-order valence-electron chi connectivity index (χ2n) is 4.85. The van der Waals surface area contributed by atoms with Crippen LogP contribution < -0.4 is 0 Å². The van der Waals surface area contributed by atoms with Gasteiger partial charge in [0, 0.05) is 32.4 Å². The normalized spacial score (nSPS) is 18.6. The van der Waals surface area contributed by atoms with Gasteiger partial charge in [-0.3, -0.25) is 4.68 Å². The van der Waals surface area contributed by atoms with Crippen molar-refractivity contribution in [2.75, 3.05) is 13.6 Å². The highest BCUT2D eigenvalue weighted by Gasteiger charge is 2.35. The van der Waals surface area contributed by atoms with Gasteiger partial charge in [-0.15, -0.1) is 0 Å². The molecule has 7 nitrogen and oxygen atoms in total. The SMILES string of the molecule is CN(Cc1cnn(C)c1)C(=O)N1CCC[C@H]1C(=O)O. The lowest BCUT2D eigenvalue weighted by Crippen LogP contribution is -2.46. The van der Waals surface area contributed by atoms with Gasteiger partial charge in [0.1, 0.15) is 6.04 Å². The standard InChI is InChI=1S/C12H18N4O3/c1-14(7-9-6-13-15(2)8-9)12(19)16-5-3-4-10(16)11(17)18/h6,8,10H,3-5,7H2,1-2H3,(H,17,18)/t10-/m0/s1. The summed E-state index contributed by atoms with van der Waals surface area (Å²) >= 11 is 0. The zero-order valence-corrected chi connectivity index (χ0v) is 11.1. The zero-order chi connectivity index (χ0) is 14.0. The van der Waals surface area contributed by atoms with Crippen molar-refractivity contribution in [3.05, 3.63) is 18.0 Å². The fourth-order valence-electron chi connectivity index (χ4n) is 2.37. The predicted molar refractivity (Wildman–Crippen MR) is 67.4 cm³/mol. The van der Waals surface area contributed by atoms with Crippen LogP contribution in [0.5, 0.6) is 0 Å². The summed E-state index contributed by atoms with van der Waals surface area (Å²) in [6, 6.07) is -0.933. The summed E-state index contributed by atoms with van der Waals surface area (Å²) in [5, 5.41) is 13.1. The molecule has 0 bridgehead atoms. The first-order valence-corrected chi connectivity index (χ1v) is 6.21. The number of carboxylic acids is 1. The molecule has 1 fully saturated rings. The van der Waals surface area contributed by atoms with Gasteiger partial charge in [-0.05, 0) is 12.8 Å². The zero-order valence-electron chi connectivity index (χ0n) is 11.1. The fraction of sp³-hybridized carbons (Fsp3) is 0.583. The molecule has 0 radical (unpaired) electrons. The Labute approximate surface area is 111 Å². The predicted octanol–water partition coefficient (Wildman–Crippen LogP) is 0.521. The lowest BCUT2D eigenvalue weighted by molar-refractivity contribution is -0.141. The average Bonchev–Trinajstić information content (AvgIpc) is 2.97. The number of aryl methyl sites for hydroxylation is 1. The number of urea groups is 1. The van der Waals surface area contributed by atoms with Crippen molar-refractivity contribution < 1.29 is 14.7 Å². The van der Waals surface area contributed by atoms with Gasteiger partial charge in [-0.25, -0.2) is 9.59 Å². The minimum atomic E-state index is -0.930. The topological polar surface area (TPSA) is 78.7 Å². The number of hydrogen-bond donors (Lipinski definition) is 1. The molecule has 0 aliphatic carbocycles. The number of rotatable bonds is 3. The number of hydrogen-bond acceptors (Lipinski definition) is 3. The van der Waals surface area contributed by atoms with Crippen molar-refractivity contribution in [1.82, 2.24) is 19.6 Å². The Balaban J connectivity index is 2.00. The van der Waals surface area contributed by atoms with E-state index in [2.05, 4.69) is 5.10 Å². The molecule has 2 rings (SSSR count). The summed E-state index contributed by atoms with van der Waals surface area (Å²) in [5.41, 5.74) is 0.921. The highest BCUT2D eigenvalue weighted by Crippen LogP contribution is 2.19. The molecule has 1 aliphatic rings. The van der Waals surface area contributed by atoms with E-state index in [1.807, 2.05) is 13.2 Å². The van der Waals surface area contributed by atoms with Crippen molar-refractivity contribution in [1.29, 1.82) is 0 Å². The van der Waals surface area contributed by atoms with Crippen LogP contribution in [0.15, 0.2) is 12.4 Å². The molecular formula is C12H18N4O3. The van der Waals surface area contributed by atoms with Crippen molar-refractivity contribution in [3.63, 3.8) is 0 Å². The molecule has 0 aromatic carbocycles. The molecule has 19 heavy (non-hydrogen) atoms. The minimum absolute atomic E-state index is 0.242. The van der Waals surface area contributed by atoms with Crippen LogP contribution in [-0.4, -0.2) is 56.3 Å². The van der Waals surface area contributed by atoms with Crippen LogP contribution in [0.2, 0.25) is 0 Å². The third-order valence-corrected chi connectivity index (χ3v) is 3.29. The summed E-state index contributed by atoms with van der Waals surface area (Å²) in [4.78, 5) is 26.3. The molecule has 1 aromatic rings. The van der Waals surface area contributed by atoms with E-state index in [4.69, 9.17) is 5.11 Å². The van der Waals surface area contributed by atoms with Crippen molar-refractivity contribution in [3.8, 4) is 0 Å². The number of aliphatic carboxylic acids is 1. The van der Waals surface area contributed by atoms with Gasteiger partial charge in [0.15, 0.2) is 0 Å². The van der Waals surface area contributed by atoms with Crippen LogP contribution in [0.1, 0.15) is 18.4 Å². The number of aromatic nitrogens is 2. The maximum atomic E-state index is 12.2. The lowest BCUT2D eigenvalue weighted by Gasteiger charge is -2.27. The Morgan fingerprint density at radius 3 is 2.89 bits per heavy atom. The Morgan fingerprint density at radius 1 is 1.58 bits per heavy atom. The first-order chi connectivity index (χ1) is 8.99. The molecule has 7 heteroatoms. The fourth-order valence-corrected chi connectivity index (χ4v) is 2.37. The maximum absolute atomic E-state index is 12.2. The summed E-state index contributed by atoms with van der Waals surface area (Å²) in [6.45, 7) is 0.933. The van der Waals surface area contributed by atoms with Crippen molar-refractivity contribution in [2.24, 2.45) is 7.05 Å². The van der Waals surface area contributed by atoms with Gasteiger partial charge in [-0.2, -0.15) is 5.10 Å². The number of nitrogens with zero attached hydrogens (tertiary/aromatic N) is 4. The van der Waals surface area contributed by atoms with E-state index in [1.165, 1.54) is 9.80 Å². The average molecular weight is 266 g/mol. The number of carbonyl (C=O) groups is 2. The second kappa shape index (κ2) is 5.29. The summed E-state index contributed by atoms with van der Waals surface area (Å²) in [7, 11) is 3.48. The van der Waals surface area contributed by atoms with Crippen molar-refractivity contribution >= 4 is 12.0 Å². The number of amides is 2. The summed E-state index contributed by atoms with van der Waals surface area (Å²) in [6.07, 6.45) is 4.80. The third kappa shape index (κ3) is 2.86. The van der Waals surface area contributed by atoms with Gasteiger partial charge in [0.25, 0.3) is 0 Å². The monoisotopic (exact) mass is 266 g/mol. The molecule has 0 unspecified atom stereocenters. The number of likely N-dealkylation sites (tertiary alicyclic amines) is 1. The highest BCUT2D eigenvalue weighted by molar-refractivity contribution is 5.83.